The van der Waals surface area contributed by atoms with E-state index >= 15 is 0 Å². The maximum absolute atomic E-state index is 12.5. The number of carbonyl (C=O) groups is 1. The highest BCUT2D eigenvalue weighted by molar-refractivity contribution is 7.12. The van der Waals surface area contributed by atoms with E-state index in [0.717, 1.165) is 23.4 Å². The van der Waals surface area contributed by atoms with E-state index in [-0.39, 0.29) is 12.5 Å². The van der Waals surface area contributed by atoms with E-state index in [1.54, 1.807) is 0 Å². The van der Waals surface area contributed by atoms with E-state index in [9.17, 15) is 4.79 Å². The van der Waals surface area contributed by atoms with Gasteiger partial charge in [0.05, 0.1) is 6.61 Å². The van der Waals surface area contributed by atoms with Crippen LogP contribution in [0.15, 0.2) is 11.4 Å². The summed E-state index contributed by atoms with van der Waals surface area (Å²) in [6.07, 6.45) is 1.52. The molecule has 2 heterocycles. The number of thiophene rings is 1. The van der Waals surface area contributed by atoms with Gasteiger partial charge in [-0.05, 0) is 30.7 Å². The molecule has 102 valence electrons. The van der Waals surface area contributed by atoms with Gasteiger partial charge in [0, 0.05) is 24.6 Å². The molecule has 1 N–H and O–H groups in total. The lowest BCUT2D eigenvalue weighted by Gasteiger charge is -2.20. The SMILES string of the molecule is CC1CC(C)N(C(=O)c2sccc2C#CCCO)C1. The van der Waals surface area contributed by atoms with Crippen LogP contribution < -0.4 is 0 Å². The largest absolute Gasteiger partial charge is 0.395 e. The molecule has 0 radical (unpaired) electrons. The Kier molecular flexibility index (Phi) is 4.62. The molecule has 4 heteroatoms. The molecule has 0 bridgehead atoms. The van der Waals surface area contributed by atoms with E-state index in [4.69, 9.17) is 5.11 Å². The highest BCUT2D eigenvalue weighted by Crippen LogP contribution is 2.27. The van der Waals surface area contributed by atoms with Crippen molar-refractivity contribution >= 4 is 17.2 Å². The molecule has 1 aliphatic heterocycles. The summed E-state index contributed by atoms with van der Waals surface area (Å²) >= 11 is 1.45. The molecule has 1 aromatic heterocycles. The van der Waals surface area contributed by atoms with Crippen molar-refractivity contribution in [3.63, 3.8) is 0 Å². The Morgan fingerprint density at radius 1 is 1.58 bits per heavy atom. The molecule has 1 aromatic rings. The van der Waals surface area contributed by atoms with Gasteiger partial charge in [-0.1, -0.05) is 18.8 Å². The number of nitrogens with zero attached hydrogens (tertiary/aromatic N) is 1. The first-order valence-electron chi connectivity index (χ1n) is 6.61. The average Bonchev–Trinajstić information content (AvgIpc) is 2.95. The van der Waals surface area contributed by atoms with Gasteiger partial charge in [-0.2, -0.15) is 0 Å². The van der Waals surface area contributed by atoms with Gasteiger partial charge < -0.3 is 10.0 Å². The van der Waals surface area contributed by atoms with Crippen LogP contribution in [0.1, 0.15) is 41.9 Å². The summed E-state index contributed by atoms with van der Waals surface area (Å²) in [5.74, 6) is 6.53. The summed E-state index contributed by atoms with van der Waals surface area (Å²) in [4.78, 5) is 15.2. The highest BCUT2D eigenvalue weighted by Gasteiger charge is 2.31. The lowest BCUT2D eigenvalue weighted by Crippen LogP contribution is -2.33. The van der Waals surface area contributed by atoms with Gasteiger partial charge in [-0.25, -0.2) is 0 Å². The minimum absolute atomic E-state index is 0.0566. The topological polar surface area (TPSA) is 40.5 Å². The second-order valence-corrected chi connectivity index (χ2v) is 6.00. The Hall–Kier alpha value is -1.31. The van der Waals surface area contributed by atoms with E-state index in [0.29, 0.717) is 18.4 Å². The fourth-order valence-corrected chi connectivity index (χ4v) is 3.30. The normalized spacial score (nSPS) is 22.2. The number of aliphatic hydroxyl groups is 1. The molecule has 1 fully saturated rings. The Bertz CT molecular complexity index is 512. The van der Waals surface area contributed by atoms with Crippen molar-refractivity contribution in [3.8, 4) is 11.8 Å². The highest BCUT2D eigenvalue weighted by atomic mass is 32.1. The van der Waals surface area contributed by atoms with Crippen LogP contribution in [0.4, 0.5) is 0 Å². The minimum Gasteiger partial charge on any atom is -0.395 e. The van der Waals surface area contributed by atoms with Crippen LogP contribution in [-0.2, 0) is 0 Å². The fourth-order valence-electron chi connectivity index (χ4n) is 2.50. The molecule has 2 unspecified atom stereocenters. The molecule has 3 nitrogen and oxygen atoms in total. The van der Waals surface area contributed by atoms with Gasteiger partial charge in [0.2, 0.25) is 0 Å². The molecular weight excluding hydrogens is 258 g/mol. The predicted molar refractivity (Wildman–Crippen MR) is 77.2 cm³/mol. The summed E-state index contributed by atoms with van der Waals surface area (Å²) in [5.41, 5.74) is 0.787. The first-order valence-corrected chi connectivity index (χ1v) is 7.49. The number of rotatable bonds is 2. The maximum atomic E-state index is 12.5. The predicted octanol–water partition coefficient (Wildman–Crippen LogP) is 2.35. The number of hydrogen-bond donors (Lipinski definition) is 1. The van der Waals surface area contributed by atoms with Crippen LogP contribution in [0.25, 0.3) is 0 Å². The number of aliphatic hydroxyl groups excluding tert-OH is 1. The van der Waals surface area contributed by atoms with Crippen LogP contribution in [-0.4, -0.2) is 35.1 Å². The van der Waals surface area contributed by atoms with Crippen LogP contribution in [0.2, 0.25) is 0 Å². The van der Waals surface area contributed by atoms with E-state index < -0.39 is 0 Å². The minimum atomic E-state index is 0.0566. The van der Waals surface area contributed by atoms with Crippen molar-refractivity contribution < 1.29 is 9.90 Å². The van der Waals surface area contributed by atoms with Crippen LogP contribution in [0, 0.1) is 17.8 Å². The summed E-state index contributed by atoms with van der Waals surface area (Å²) in [5, 5.41) is 10.6. The van der Waals surface area contributed by atoms with Gasteiger partial charge in [-0.3, -0.25) is 4.79 Å². The molecule has 19 heavy (non-hydrogen) atoms. The quantitative estimate of drug-likeness (QED) is 0.843. The zero-order valence-electron chi connectivity index (χ0n) is 11.3. The van der Waals surface area contributed by atoms with Crippen molar-refractivity contribution in [3.05, 3.63) is 21.9 Å². The number of carbonyl (C=O) groups excluding carboxylic acids is 1. The third-order valence-corrected chi connectivity index (χ3v) is 4.27. The molecule has 0 saturated carbocycles. The maximum Gasteiger partial charge on any atom is 0.265 e. The lowest BCUT2D eigenvalue weighted by molar-refractivity contribution is 0.0748. The summed E-state index contributed by atoms with van der Waals surface area (Å²) in [6.45, 7) is 5.18. The zero-order valence-corrected chi connectivity index (χ0v) is 12.2. The van der Waals surface area contributed by atoms with Crippen LogP contribution >= 0.6 is 11.3 Å². The lowest BCUT2D eigenvalue weighted by atomic mass is 10.1. The van der Waals surface area contributed by atoms with Crippen molar-refractivity contribution in [2.45, 2.75) is 32.7 Å². The molecule has 0 aliphatic carbocycles. The van der Waals surface area contributed by atoms with Crippen molar-refractivity contribution in [1.82, 2.24) is 4.90 Å². The Balaban J connectivity index is 2.17. The van der Waals surface area contributed by atoms with Gasteiger partial charge in [0.25, 0.3) is 5.91 Å². The molecular formula is C15H19NO2S. The molecule has 0 aromatic carbocycles. The monoisotopic (exact) mass is 277 g/mol. The van der Waals surface area contributed by atoms with Gasteiger partial charge in [0.15, 0.2) is 0 Å². The van der Waals surface area contributed by atoms with Crippen molar-refractivity contribution in [2.24, 2.45) is 5.92 Å². The summed E-state index contributed by atoms with van der Waals surface area (Å²) in [6, 6.07) is 2.19. The van der Waals surface area contributed by atoms with Crippen molar-refractivity contribution in [1.29, 1.82) is 0 Å². The van der Waals surface area contributed by atoms with E-state index in [1.807, 2.05) is 16.3 Å². The zero-order chi connectivity index (χ0) is 13.8. The molecule has 1 saturated heterocycles. The number of amides is 1. The molecule has 1 aliphatic rings. The summed E-state index contributed by atoms with van der Waals surface area (Å²) in [7, 11) is 0. The molecule has 2 rings (SSSR count). The smallest absolute Gasteiger partial charge is 0.265 e. The van der Waals surface area contributed by atoms with Gasteiger partial charge in [0.1, 0.15) is 4.88 Å². The average molecular weight is 277 g/mol. The van der Waals surface area contributed by atoms with Crippen LogP contribution in [0.3, 0.4) is 0 Å². The third-order valence-electron chi connectivity index (χ3n) is 3.36. The Labute approximate surface area is 118 Å². The Morgan fingerprint density at radius 2 is 2.37 bits per heavy atom. The Morgan fingerprint density at radius 3 is 3.00 bits per heavy atom. The number of likely N-dealkylation sites (tertiary alicyclic amines) is 1. The summed E-state index contributed by atoms with van der Waals surface area (Å²) < 4.78 is 0. The molecule has 2 atom stereocenters. The third kappa shape index (κ3) is 3.17. The van der Waals surface area contributed by atoms with Gasteiger partial charge >= 0.3 is 0 Å². The van der Waals surface area contributed by atoms with Crippen LogP contribution in [0.5, 0.6) is 0 Å². The molecule has 1 amide bonds. The first-order chi connectivity index (χ1) is 9.13. The standard InChI is InChI=1S/C15H19NO2S/c1-11-9-12(2)16(10-11)15(18)14-13(6-8-19-14)5-3-4-7-17/h6,8,11-12,17H,4,7,9-10H2,1-2H3. The number of hydrogen-bond acceptors (Lipinski definition) is 3. The van der Waals surface area contributed by atoms with E-state index in [2.05, 4.69) is 25.7 Å². The van der Waals surface area contributed by atoms with E-state index in [1.165, 1.54) is 11.3 Å². The first kappa shape index (κ1) is 14.1. The van der Waals surface area contributed by atoms with Gasteiger partial charge in [-0.15, -0.1) is 11.3 Å². The fraction of sp³-hybridized carbons (Fsp3) is 0.533. The molecule has 0 spiro atoms. The second kappa shape index (κ2) is 6.23. The van der Waals surface area contributed by atoms with Crippen molar-refractivity contribution in [2.75, 3.05) is 13.2 Å². The second-order valence-electron chi connectivity index (χ2n) is 5.09.